The van der Waals surface area contributed by atoms with Gasteiger partial charge in [0.05, 0.1) is 4.90 Å². The Morgan fingerprint density at radius 3 is 2.15 bits per heavy atom. The molecule has 0 atom stereocenters. The number of hydrogen-bond donors (Lipinski definition) is 0. The summed E-state index contributed by atoms with van der Waals surface area (Å²) in [5.74, 6) is 0. The summed E-state index contributed by atoms with van der Waals surface area (Å²) in [4.78, 5) is 13.9. The van der Waals surface area contributed by atoms with Crippen molar-refractivity contribution in [3.05, 3.63) is 65.7 Å². The van der Waals surface area contributed by atoms with Crippen molar-refractivity contribution in [2.24, 2.45) is 0 Å². The minimum absolute atomic E-state index is 0.127. The van der Waals surface area contributed by atoms with E-state index >= 15 is 0 Å². The number of rotatable bonds is 6. The largest absolute Gasteiger partial charge is 0.296 e. The summed E-state index contributed by atoms with van der Waals surface area (Å²) in [6.45, 7) is 5.07. The third-order valence-corrected chi connectivity index (χ3v) is 6.21. The van der Waals surface area contributed by atoms with E-state index in [4.69, 9.17) is 0 Å². The maximum atomic E-state index is 12.8. The van der Waals surface area contributed by atoms with Crippen LogP contribution in [0.3, 0.4) is 0 Å². The fraction of sp³-hybridized carbons (Fsp3) is 0.316. The van der Waals surface area contributed by atoms with Gasteiger partial charge in [0.25, 0.3) is 10.0 Å². The molecular weight excluding hydrogens is 350 g/mol. The molecule has 0 aromatic heterocycles. The second-order valence-electron chi connectivity index (χ2n) is 6.41. The van der Waals surface area contributed by atoms with E-state index in [-0.39, 0.29) is 4.90 Å². The molecule has 0 N–H and O–H groups in total. The van der Waals surface area contributed by atoms with Crippen molar-refractivity contribution in [3.63, 3.8) is 0 Å². The standard InChI is InChI=1S/C19H23N3O3S/c1-17-7-9-19(10-8-17)26(24,25)22(16-23)21-13-11-20(12-14-21)15-18-5-3-2-4-6-18/h2-10,16H,11-15H2,1H3. The highest BCUT2D eigenvalue weighted by Crippen LogP contribution is 2.19. The van der Waals surface area contributed by atoms with Gasteiger partial charge in [0.15, 0.2) is 0 Å². The van der Waals surface area contributed by atoms with Crippen LogP contribution in [0.25, 0.3) is 0 Å². The van der Waals surface area contributed by atoms with Crippen LogP contribution in [0.4, 0.5) is 0 Å². The quantitative estimate of drug-likeness (QED) is 0.724. The lowest BCUT2D eigenvalue weighted by molar-refractivity contribution is -0.125. The zero-order chi connectivity index (χ0) is 18.6. The molecule has 0 spiro atoms. The van der Waals surface area contributed by atoms with Crippen molar-refractivity contribution in [2.45, 2.75) is 18.4 Å². The highest BCUT2D eigenvalue weighted by molar-refractivity contribution is 7.89. The van der Waals surface area contributed by atoms with Crippen LogP contribution in [-0.4, -0.2) is 55.3 Å². The van der Waals surface area contributed by atoms with E-state index in [9.17, 15) is 13.2 Å². The molecule has 0 aliphatic carbocycles. The summed E-state index contributed by atoms with van der Waals surface area (Å²) < 4.78 is 26.4. The molecule has 26 heavy (non-hydrogen) atoms. The normalized spacial score (nSPS) is 16.3. The number of carbonyl (C=O) groups excluding carboxylic acids is 1. The predicted molar refractivity (Wildman–Crippen MR) is 99.6 cm³/mol. The number of amides is 1. The van der Waals surface area contributed by atoms with Crippen molar-refractivity contribution in [2.75, 3.05) is 26.2 Å². The summed E-state index contributed by atoms with van der Waals surface area (Å²) in [7, 11) is -3.87. The van der Waals surface area contributed by atoms with Crippen LogP contribution in [0.2, 0.25) is 0 Å². The van der Waals surface area contributed by atoms with Gasteiger partial charge >= 0.3 is 0 Å². The van der Waals surface area contributed by atoms with Crippen LogP contribution in [0.1, 0.15) is 11.1 Å². The lowest BCUT2D eigenvalue weighted by Crippen LogP contribution is -2.54. The second kappa shape index (κ2) is 7.99. The fourth-order valence-electron chi connectivity index (χ4n) is 3.03. The van der Waals surface area contributed by atoms with Crippen LogP contribution in [0.15, 0.2) is 59.5 Å². The summed E-state index contributed by atoms with van der Waals surface area (Å²) in [6, 6.07) is 16.7. The number of benzene rings is 2. The molecule has 1 heterocycles. The Kier molecular flexibility index (Phi) is 5.70. The molecular formula is C19H23N3O3S. The topological polar surface area (TPSA) is 60.9 Å². The summed E-state index contributed by atoms with van der Waals surface area (Å²) >= 11 is 0. The van der Waals surface area contributed by atoms with Gasteiger partial charge in [-0.3, -0.25) is 9.69 Å². The van der Waals surface area contributed by atoms with Gasteiger partial charge in [0.2, 0.25) is 6.41 Å². The molecule has 138 valence electrons. The van der Waals surface area contributed by atoms with Gasteiger partial charge in [0, 0.05) is 32.7 Å². The Bertz CT molecular complexity index is 830. The number of hydrazine groups is 1. The minimum Gasteiger partial charge on any atom is -0.296 e. The van der Waals surface area contributed by atoms with Gasteiger partial charge in [-0.25, -0.2) is 5.01 Å². The first-order valence-corrected chi connectivity index (χ1v) is 10.0. The zero-order valence-corrected chi connectivity index (χ0v) is 15.6. The number of aryl methyl sites for hydroxylation is 1. The average molecular weight is 373 g/mol. The number of carbonyl (C=O) groups is 1. The van der Waals surface area contributed by atoms with E-state index in [1.807, 2.05) is 25.1 Å². The molecule has 0 unspecified atom stereocenters. The Hall–Kier alpha value is -2.22. The second-order valence-corrected chi connectivity index (χ2v) is 8.21. The van der Waals surface area contributed by atoms with E-state index in [1.165, 1.54) is 17.7 Å². The van der Waals surface area contributed by atoms with Gasteiger partial charge in [-0.1, -0.05) is 48.0 Å². The molecule has 1 amide bonds. The van der Waals surface area contributed by atoms with E-state index in [0.717, 1.165) is 16.5 Å². The number of nitrogens with zero attached hydrogens (tertiary/aromatic N) is 3. The van der Waals surface area contributed by atoms with Gasteiger partial charge < -0.3 is 0 Å². The third kappa shape index (κ3) is 4.12. The molecule has 0 radical (unpaired) electrons. The van der Waals surface area contributed by atoms with Crippen LogP contribution < -0.4 is 0 Å². The van der Waals surface area contributed by atoms with Crippen molar-refractivity contribution >= 4 is 16.4 Å². The van der Waals surface area contributed by atoms with Crippen LogP contribution in [0.5, 0.6) is 0 Å². The Morgan fingerprint density at radius 1 is 0.962 bits per heavy atom. The molecule has 2 aromatic rings. The minimum atomic E-state index is -3.87. The van der Waals surface area contributed by atoms with E-state index in [1.54, 1.807) is 17.1 Å². The van der Waals surface area contributed by atoms with Gasteiger partial charge in [-0.15, -0.1) is 0 Å². The number of sulfonamides is 1. The summed E-state index contributed by atoms with van der Waals surface area (Å²) in [5, 5.41) is 1.60. The maximum absolute atomic E-state index is 12.8. The molecule has 6 nitrogen and oxygen atoms in total. The Morgan fingerprint density at radius 2 is 1.58 bits per heavy atom. The molecule has 0 bridgehead atoms. The monoisotopic (exact) mass is 373 g/mol. The first kappa shape index (κ1) is 18.6. The van der Waals surface area contributed by atoms with Gasteiger partial charge in [0.1, 0.15) is 0 Å². The third-order valence-electron chi connectivity index (χ3n) is 4.53. The highest BCUT2D eigenvalue weighted by atomic mass is 32.2. The van der Waals surface area contributed by atoms with E-state index in [0.29, 0.717) is 32.6 Å². The highest BCUT2D eigenvalue weighted by Gasteiger charge is 2.31. The van der Waals surface area contributed by atoms with E-state index < -0.39 is 10.0 Å². The first-order chi connectivity index (χ1) is 12.5. The summed E-state index contributed by atoms with van der Waals surface area (Å²) in [5.41, 5.74) is 2.19. The maximum Gasteiger partial charge on any atom is 0.280 e. The number of piperazine rings is 1. The van der Waals surface area contributed by atoms with Crippen LogP contribution in [0, 0.1) is 6.92 Å². The van der Waals surface area contributed by atoms with Crippen molar-refractivity contribution in [3.8, 4) is 0 Å². The molecule has 7 heteroatoms. The molecule has 1 saturated heterocycles. The lowest BCUT2D eigenvalue weighted by Gasteiger charge is -2.38. The molecule has 1 fully saturated rings. The van der Waals surface area contributed by atoms with E-state index in [2.05, 4.69) is 17.0 Å². The molecule has 2 aromatic carbocycles. The SMILES string of the molecule is Cc1ccc(S(=O)(=O)N(C=O)N2CCN(Cc3ccccc3)CC2)cc1. The Labute approximate surface area is 154 Å². The van der Waals surface area contributed by atoms with Gasteiger partial charge in [-0.05, 0) is 24.6 Å². The smallest absolute Gasteiger partial charge is 0.280 e. The molecule has 0 saturated carbocycles. The van der Waals surface area contributed by atoms with Crippen LogP contribution in [-0.2, 0) is 21.4 Å². The van der Waals surface area contributed by atoms with Crippen LogP contribution >= 0.6 is 0 Å². The predicted octanol–water partition coefficient (Wildman–Crippen LogP) is 1.87. The molecule has 3 rings (SSSR count). The van der Waals surface area contributed by atoms with Gasteiger partial charge in [-0.2, -0.15) is 12.8 Å². The number of hydrogen-bond acceptors (Lipinski definition) is 5. The molecule has 1 aliphatic rings. The zero-order valence-electron chi connectivity index (χ0n) is 14.8. The van der Waals surface area contributed by atoms with Crippen molar-refractivity contribution < 1.29 is 13.2 Å². The Balaban J connectivity index is 1.66. The first-order valence-electron chi connectivity index (χ1n) is 8.58. The lowest BCUT2D eigenvalue weighted by atomic mass is 10.2. The molecule has 1 aliphatic heterocycles. The average Bonchev–Trinajstić information content (AvgIpc) is 2.65. The van der Waals surface area contributed by atoms with Crippen molar-refractivity contribution in [1.82, 2.24) is 14.3 Å². The summed E-state index contributed by atoms with van der Waals surface area (Å²) in [6.07, 6.45) is 0.391. The fourth-order valence-corrected chi connectivity index (χ4v) is 4.30. The van der Waals surface area contributed by atoms with Crippen molar-refractivity contribution in [1.29, 1.82) is 0 Å².